The molecule has 0 spiro atoms. The van der Waals surface area contributed by atoms with Crippen LogP contribution in [-0.2, 0) is 6.54 Å². The molecule has 0 amide bonds. The Morgan fingerprint density at radius 1 is 0.917 bits per heavy atom. The number of aromatic nitrogens is 2. The smallest absolute Gasteiger partial charge is 0.0946 e. The Bertz CT molecular complexity index is 400. The summed E-state index contributed by atoms with van der Waals surface area (Å²) in [4.78, 5) is 4.22. The molecule has 0 atom stereocenters. The fourth-order valence-electron chi connectivity index (χ4n) is 3.47. The lowest BCUT2D eigenvalue weighted by Gasteiger charge is -2.36. The topological polar surface area (TPSA) is 17.8 Å². The van der Waals surface area contributed by atoms with Crippen LogP contribution in [0.4, 0.5) is 0 Å². The lowest BCUT2D eigenvalue weighted by Crippen LogP contribution is -2.30. The van der Waals surface area contributed by atoms with Crippen molar-refractivity contribution in [1.82, 2.24) is 9.55 Å². The molecule has 1 aliphatic rings. The van der Waals surface area contributed by atoms with Gasteiger partial charge in [0, 0.05) is 18.9 Å². The van der Waals surface area contributed by atoms with Gasteiger partial charge in [-0.2, -0.15) is 0 Å². The maximum absolute atomic E-state index is 4.22. The molecule has 138 valence electrons. The first-order valence-electron chi connectivity index (χ1n) is 10.1. The standard InChI is InChI=1S/C20H36N2S2/c1-2-3-4-5-6-7-8-9-10-11-13-20(23-16-12-17-24-20)18-22-15-14-21-19-22/h14-15,19H,2-13,16-18H2,1H3. The molecule has 4 heteroatoms. The Balaban J connectivity index is 1.57. The lowest BCUT2D eigenvalue weighted by molar-refractivity contribution is 0.519. The zero-order chi connectivity index (χ0) is 16.9. The summed E-state index contributed by atoms with van der Waals surface area (Å²) in [6.07, 6.45) is 23.0. The van der Waals surface area contributed by atoms with Crippen LogP contribution >= 0.6 is 23.5 Å². The molecule has 2 rings (SSSR count). The van der Waals surface area contributed by atoms with E-state index in [0.29, 0.717) is 4.08 Å². The van der Waals surface area contributed by atoms with Gasteiger partial charge in [0.15, 0.2) is 0 Å². The second-order valence-corrected chi connectivity index (χ2v) is 10.3. The van der Waals surface area contributed by atoms with Gasteiger partial charge < -0.3 is 4.57 Å². The molecule has 0 aromatic carbocycles. The number of unbranched alkanes of at least 4 members (excludes halogenated alkanes) is 9. The van der Waals surface area contributed by atoms with Crippen LogP contribution in [0.15, 0.2) is 18.7 Å². The monoisotopic (exact) mass is 368 g/mol. The first-order chi connectivity index (χ1) is 11.8. The Morgan fingerprint density at radius 2 is 1.54 bits per heavy atom. The molecule has 0 aliphatic carbocycles. The molecule has 1 saturated heterocycles. The summed E-state index contributed by atoms with van der Waals surface area (Å²) < 4.78 is 2.68. The highest BCUT2D eigenvalue weighted by atomic mass is 32.2. The third-order valence-corrected chi connectivity index (χ3v) is 8.32. The van der Waals surface area contributed by atoms with Gasteiger partial charge in [0.25, 0.3) is 0 Å². The minimum atomic E-state index is 0.402. The van der Waals surface area contributed by atoms with Crippen LogP contribution in [0.5, 0.6) is 0 Å². The van der Waals surface area contributed by atoms with E-state index in [9.17, 15) is 0 Å². The van der Waals surface area contributed by atoms with E-state index in [1.807, 2.05) is 12.5 Å². The average Bonchev–Trinajstić information content (AvgIpc) is 3.10. The quantitative estimate of drug-likeness (QED) is 0.358. The molecule has 0 bridgehead atoms. The predicted molar refractivity (Wildman–Crippen MR) is 111 cm³/mol. The number of hydrogen-bond donors (Lipinski definition) is 0. The summed E-state index contributed by atoms with van der Waals surface area (Å²) >= 11 is 4.41. The molecule has 1 fully saturated rings. The van der Waals surface area contributed by atoms with Crippen LogP contribution in [0, 0.1) is 0 Å². The van der Waals surface area contributed by atoms with E-state index in [4.69, 9.17) is 0 Å². The normalized spacial score (nSPS) is 17.2. The Hall–Kier alpha value is -0.0900. The second-order valence-electron chi connectivity index (χ2n) is 7.13. The van der Waals surface area contributed by atoms with E-state index >= 15 is 0 Å². The summed E-state index contributed by atoms with van der Waals surface area (Å²) in [6, 6.07) is 0. The zero-order valence-corrected chi connectivity index (χ0v) is 17.2. The first-order valence-corrected chi connectivity index (χ1v) is 12.1. The van der Waals surface area contributed by atoms with E-state index in [1.54, 1.807) is 0 Å². The predicted octanol–water partition coefficient (Wildman–Crippen LogP) is 6.76. The number of imidazole rings is 1. The van der Waals surface area contributed by atoms with Crippen LogP contribution in [-0.4, -0.2) is 25.1 Å². The van der Waals surface area contributed by atoms with Crippen LogP contribution in [0.2, 0.25) is 0 Å². The van der Waals surface area contributed by atoms with Gasteiger partial charge in [-0.25, -0.2) is 4.98 Å². The number of hydrogen-bond acceptors (Lipinski definition) is 3. The first kappa shape index (κ1) is 20.2. The maximum Gasteiger partial charge on any atom is 0.0946 e. The largest absolute Gasteiger partial charge is 0.335 e. The molecule has 24 heavy (non-hydrogen) atoms. The van der Waals surface area contributed by atoms with Crippen molar-refractivity contribution < 1.29 is 0 Å². The average molecular weight is 369 g/mol. The molecule has 1 aromatic heterocycles. The number of thioether (sulfide) groups is 2. The van der Waals surface area contributed by atoms with Gasteiger partial charge in [-0.1, -0.05) is 71.1 Å². The van der Waals surface area contributed by atoms with Crippen LogP contribution in [0.1, 0.15) is 84.0 Å². The van der Waals surface area contributed by atoms with E-state index in [0.717, 1.165) is 6.54 Å². The van der Waals surface area contributed by atoms with E-state index < -0.39 is 0 Å². The van der Waals surface area contributed by atoms with Crippen molar-refractivity contribution >= 4 is 23.5 Å². The molecule has 1 aromatic rings. The van der Waals surface area contributed by atoms with Crippen molar-refractivity contribution in [2.75, 3.05) is 11.5 Å². The van der Waals surface area contributed by atoms with Gasteiger partial charge in [0.05, 0.1) is 10.4 Å². The molecule has 2 heterocycles. The van der Waals surface area contributed by atoms with Gasteiger partial charge in [-0.05, 0) is 24.3 Å². The summed E-state index contributed by atoms with van der Waals surface area (Å²) in [5, 5.41) is 0. The lowest BCUT2D eigenvalue weighted by atomic mass is 10.0. The highest BCUT2D eigenvalue weighted by molar-refractivity contribution is 8.18. The minimum absolute atomic E-state index is 0.402. The number of nitrogens with zero attached hydrogens (tertiary/aromatic N) is 2. The van der Waals surface area contributed by atoms with Gasteiger partial charge in [-0.15, -0.1) is 23.5 Å². The molecule has 0 unspecified atom stereocenters. The van der Waals surface area contributed by atoms with Crippen LogP contribution < -0.4 is 0 Å². The van der Waals surface area contributed by atoms with E-state index in [-0.39, 0.29) is 0 Å². The Kier molecular flexibility index (Phi) is 10.4. The summed E-state index contributed by atoms with van der Waals surface area (Å²) in [5.41, 5.74) is 0. The third-order valence-electron chi connectivity index (χ3n) is 4.91. The van der Waals surface area contributed by atoms with Crippen molar-refractivity contribution in [3.63, 3.8) is 0 Å². The maximum atomic E-state index is 4.22. The second kappa shape index (κ2) is 12.3. The zero-order valence-electron chi connectivity index (χ0n) is 15.5. The van der Waals surface area contributed by atoms with Gasteiger partial charge in [0.1, 0.15) is 0 Å². The van der Waals surface area contributed by atoms with Gasteiger partial charge >= 0.3 is 0 Å². The highest BCUT2D eigenvalue weighted by Crippen LogP contribution is 2.47. The van der Waals surface area contributed by atoms with Gasteiger partial charge in [-0.3, -0.25) is 0 Å². The Labute approximate surface area is 158 Å². The summed E-state index contributed by atoms with van der Waals surface area (Å²) in [5.74, 6) is 2.67. The van der Waals surface area contributed by atoms with E-state index in [1.165, 1.54) is 88.6 Å². The third kappa shape index (κ3) is 7.86. The highest BCUT2D eigenvalue weighted by Gasteiger charge is 2.33. The number of rotatable bonds is 13. The molecular weight excluding hydrogens is 332 g/mol. The van der Waals surface area contributed by atoms with Gasteiger partial charge in [0.2, 0.25) is 0 Å². The minimum Gasteiger partial charge on any atom is -0.335 e. The fourth-order valence-corrected chi connectivity index (χ4v) is 6.87. The van der Waals surface area contributed by atoms with E-state index in [2.05, 4.69) is 46.2 Å². The molecule has 0 saturated carbocycles. The van der Waals surface area contributed by atoms with Crippen molar-refractivity contribution in [2.45, 2.75) is 94.6 Å². The molecule has 2 nitrogen and oxygen atoms in total. The van der Waals surface area contributed by atoms with Crippen molar-refractivity contribution in [2.24, 2.45) is 0 Å². The van der Waals surface area contributed by atoms with Crippen molar-refractivity contribution in [3.05, 3.63) is 18.7 Å². The van der Waals surface area contributed by atoms with Crippen molar-refractivity contribution in [1.29, 1.82) is 0 Å². The van der Waals surface area contributed by atoms with Crippen molar-refractivity contribution in [3.8, 4) is 0 Å². The SMILES string of the molecule is CCCCCCCCCCCCC1(Cn2ccnc2)SCCCS1. The van der Waals surface area contributed by atoms with Crippen LogP contribution in [0.25, 0.3) is 0 Å². The van der Waals surface area contributed by atoms with Crippen LogP contribution in [0.3, 0.4) is 0 Å². The molecular formula is C20H36N2S2. The fraction of sp³-hybridized carbons (Fsp3) is 0.850. The molecule has 0 N–H and O–H groups in total. The summed E-state index contributed by atoms with van der Waals surface area (Å²) in [7, 11) is 0. The molecule has 1 aliphatic heterocycles. The Morgan fingerprint density at radius 3 is 2.12 bits per heavy atom. The summed E-state index contributed by atoms with van der Waals surface area (Å²) in [6.45, 7) is 3.42. The molecule has 0 radical (unpaired) electrons.